The first-order chi connectivity index (χ1) is 13.3. The standard InChI is InChI=1S/C22H36B2O5/c1-10-11-12-25-18-14-16(23-26-19(2,3)20(4,5)27-23)13-17(15-18)24-28-21(6,7)22(8,9)29-24/h13-15H,10-12H2,1-9H3. The maximum absolute atomic E-state index is 6.27. The predicted octanol–water partition coefficient (Wildman–Crippen LogP) is 3.46. The molecule has 7 heteroatoms. The van der Waals surface area contributed by atoms with Gasteiger partial charge in [0, 0.05) is 0 Å². The average molecular weight is 402 g/mol. The number of unbranched alkanes of at least 4 members (excludes halogenated alkanes) is 1. The number of benzene rings is 1. The average Bonchev–Trinajstić information content (AvgIpc) is 2.95. The van der Waals surface area contributed by atoms with Crippen LogP contribution < -0.4 is 15.7 Å². The van der Waals surface area contributed by atoms with Crippen LogP contribution in [0.4, 0.5) is 0 Å². The molecule has 2 saturated heterocycles. The molecule has 29 heavy (non-hydrogen) atoms. The lowest BCUT2D eigenvalue weighted by Crippen LogP contribution is -2.41. The lowest BCUT2D eigenvalue weighted by Gasteiger charge is -2.32. The third-order valence-electron chi connectivity index (χ3n) is 6.77. The van der Waals surface area contributed by atoms with Gasteiger partial charge in [-0.05, 0) is 84.9 Å². The minimum absolute atomic E-state index is 0.402. The Morgan fingerprint density at radius 1 is 0.690 bits per heavy atom. The van der Waals surface area contributed by atoms with E-state index >= 15 is 0 Å². The quantitative estimate of drug-likeness (QED) is 0.539. The van der Waals surface area contributed by atoms with E-state index in [1.54, 1.807) is 0 Å². The number of hydrogen-bond acceptors (Lipinski definition) is 5. The van der Waals surface area contributed by atoms with Gasteiger partial charge in [-0.1, -0.05) is 19.4 Å². The summed E-state index contributed by atoms with van der Waals surface area (Å²) in [6.45, 7) is 19.3. The van der Waals surface area contributed by atoms with Crippen molar-refractivity contribution in [2.75, 3.05) is 6.61 Å². The molecule has 2 aliphatic heterocycles. The van der Waals surface area contributed by atoms with Crippen LogP contribution in [0, 0.1) is 0 Å². The summed E-state index contributed by atoms with van der Waals surface area (Å²) in [5.74, 6) is 0.787. The summed E-state index contributed by atoms with van der Waals surface area (Å²) < 4.78 is 31.1. The van der Waals surface area contributed by atoms with Crippen LogP contribution in [0.15, 0.2) is 18.2 Å². The van der Waals surface area contributed by atoms with Crippen LogP contribution in [0.3, 0.4) is 0 Å². The molecule has 2 fully saturated rings. The van der Waals surface area contributed by atoms with Gasteiger partial charge in [-0.3, -0.25) is 0 Å². The van der Waals surface area contributed by atoms with Crippen LogP contribution in [0.2, 0.25) is 0 Å². The summed E-state index contributed by atoms with van der Waals surface area (Å²) in [4.78, 5) is 0. The minimum Gasteiger partial charge on any atom is -0.494 e. The fourth-order valence-corrected chi connectivity index (χ4v) is 3.29. The van der Waals surface area contributed by atoms with Crippen LogP contribution in [0.5, 0.6) is 5.75 Å². The van der Waals surface area contributed by atoms with Crippen molar-refractivity contribution in [1.29, 1.82) is 0 Å². The molecule has 0 saturated carbocycles. The maximum Gasteiger partial charge on any atom is 0.494 e. The highest BCUT2D eigenvalue weighted by molar-refractivity contribution is 6.66. The third-order valence-corrected chi connectivity index (χ3v) is 6.77. The van der Waals surface area contributed by atoms with Gasteiger partial charge >= 0.3 is 14.2 Å². The minimum atomic E-state index is -0.462. The first-order valence-electron chi connectivity index (χ1n) is 10.8. The molecular formula is C22H36B2O5. The van der Waals surface area contributed by atoms with E-state index in [-0.39, 0.29) is 0 Å². The zero-order valence-electron chi connectivity index (χ0n) is 19.5. The molecule has 0 N–H and O–H groups in total. The molecule has 1 aromatic rings. The van der Waals surface area contributed by atoms with E-state index in [1.807, 2.05) is 12.1 Å². The predicted molar refractivity (Wildman–Crippen MR) is 118 cm³/mol. The Balaban J connectivity index is 1.93. The van der Waals surface area contributed by atoms with Crippen molar-refractivity contribution in [2.45, 2.75) is 97.6 Å². The van der Waals surface area contributed by atoms with E-state index in [1.165, 1.54) is 0 Å². The van der Waals surface area contributed by atoms with Crippen molar-refractivity contribution >= 4 is 25.2 Å². The van der Waals surface area contributed by atoms with Crippen LogP contribution in [-0.4, -0.2) is 43.2 Å². The lowest BCUT2D eigenvalue weighted by atomic mass is 9.71. The summed E-state index contributed by atoms with van der Waals surface area (Å²) in [6, 6.07) is 6.07. The molecule has 5 nitrogen and oxygen atoms in total. The van der Waals surface area contributed by atoms with Crippen LogP contribution in [0.25, 0.3) is 0 Å². The maximum atomic E-state index is 6.27. The summed E-state index contributed by atoms with van der Waals surface area (Å²) >= 11 is 0. The molecule has 0 spiro atoms. The molecule has 1 aromatic carbocycles. The summed E-state index contributed by atoms with van der Waals surface area (Å²) in [7, 11) is -0.924. The van der Waals surface area contributed by atoms with Gasteiger partial charge in [0.15, 0.2) is 0 Å². The van der Waals surface area contributed by atoms with Gasteiger partial charge in [0.2, 0.25) is 0 Å². The smallest absolute Gasteiger partial charge is 0.494 e. The van der Waals surface area contributed by atoms with Crippen molar-refractivity contribution in [3.8, 4) is 5.75 Å². The van der Waals surface area contributed by atoms with E-state index < -0.39 is 36.6 Å². The second-order valence-corrected chi connectivity index (χ2v) is 10.2. The molecular weight excluding hydrogens is 366 g/mol. The lowest BCUT2D eigenvalue weighted by molar-refractivity contribution is 0.00578. The van der Waals surface area contributed by atoms with E-state index in [0.717, 1.165) is 29.5 Å². The largest absolute Gasteiger partial charge is 0.494 e. The highest BCUT2D eigenvalue weighted by atomic mass is 16.7. The molecule has 0 bridgehead atoms. The highest BCUT2D eigenvalue weighted by Gasteiger charge is 2.54. The van der Waals surface area contributed by atoms with Crippen molar-refractivity contribution in [3.63, 3.8) is 0 Å². The summed E-state index contributed by atoms with van der Waals surface area (Å²) in [5.41, 5.74) is 0.232. The van der Waals surface area contributed by atoms with E-state index in [4.69, 9.17) is 23.4 Å². The fraction of sp³-hybridized carbons (Fsp3) is 0.727. The molecule has 0 amide bonds. The second-order valence-electron chi connectivity index (χ2n) is 10.2. The van der Waals surface area contributed by atoms with Gasteiger partial charge in [0.1, 0.15) is 5.75 Å². The third kappa shape index (κ3) is 4.39. The SMILES string of the molecule is CCCCOc1cc(B2OC(C)(C)C(C)(C)O2)cc(B2OC(C)(C)C(C)(C)O2)c1. The van der Waals surface area contributed by atoms with Crippen LogP contribution in [0.1, 0.15) is 75.2 Å². The molecule has 0 unspecified atom stereocenters. The molecule has 2 heterocycles. The Morgan fingerprint density at radius 3 is 1.41 bits per heavy atom. The zero-order valence-corrected chi connectivity index (χ0v) is 19.5. The van der Waals surface area contributed by atoms with Crippen molar-refractivity contribution in [3.05, 3.63) is 18.2 Å². The molecule has 0 aliphatic carbocycles. The molecule has 0 atom stereocenters. The Kier molecular flexibility index (Phi) is 5.94. The summed E-state index contributed by atoms with van der Waals surface area (Å²) in [6.07, 6.45) is 2.09. The van der Waals surface area contributed by atoms with Gasteiger partial charge in [-0.15, -0.1) is 0 Å². The Hall–Kier alpha value is -1.01. The fourth-order valence-electron chi connectivity index (χ4n) is 3.29. The van der Waals surface area contributed by atoms with Gasteiger partial charge in [-0.25, -0.2) is 0 Å². The summed E-state index contributed by atoms with van der Waals surface area (Å²) in [5, 5.41) is 0. The Bertz CT molecular complexity index is 658. The normalized spacial score (nSPS) is 24.2. The van der Waals surface area contributed by atoms with Crippen LogP contribution >= 0.6 is 0 Å². The molecule has 0 radical (unpaired) electrons. The molecule has 2 aliphatic rings. The topological polar surface area (TPSA) is 46.2 Å². The van der Waals surface area contributed by atoms with Crippen molar-refractivity contribution in [1.82, 2.24) is 0 Å². The van der Waals surface area contributed by atoms with E-state index in [9.17, 15) is 0 Å². The van der Waals surface area contributed by atoms with Gasteiger partial charge in [0.25, 0.3) is 0 Å². The van der Waals surface area contributed by atoms with Gasteiger partial charge in [0.05, 0.1) is 29.0 Å². The zero-order chi connectivity index (χ0) is 21.7. The van der Waals surface area contributed by atoms with Crippen molar-refractivity contribution < 1.29 is 23.4 Å². The second kappa shape index (κ2) is 7.60. The van der Waals surface area contributed by atoms with E-state index in [0.29, 0.717) is 6.61 Å². The van der Waals surface area contributed by atoms with Crippen LogP contribution in [-0.2, 0) is 18.6 Å². The highest BCUT2D eigenvalue weighted by Crippen LogP contribution is 2.38. The number of rotatable bonds is 6. The molecule has 160 valence electrons. The molecule has 3 rings (SSSR count). The van der Waals surface area contributed by atoms with Crippen molar-refractivity contribution in [2.24, 2.45) is 0 Å². The number of ether oxygens (including phenoxy) is 1. The Morgan fingerprint density at radius 2 is 1.07 bits per heavy atom. The number of hydrogen-bond donors (Lipinski definition) is 0. The van der Waals surface area contributed by atoms with Gasteiger partial charge < -0.3 is 23.4 Å². The Labute approximate surface area is 177 Å². The molecule has 0 aromatic heterocycles. The first kappa shape index (κ1) is 22.7. The monoisotopic (exact) mass is 402 g/mol. The first-order valence-corrected chi connectivity index (χ1v) is 10.8. The van der Waals surface area contributed by atoms with E-state index in [2.05, 4.69) is 68.4 Å². The van der Waals surface area contributed by atoms with Gasteiger partial charge in [-0.2, -0.15) is 0 Å².